The molecule has 0 spiro atoms. The topological polar surface area (TPSA) is 73.0 Å². The summed E-state index contributed by atoms with van der Waals surface area (Å²) in [5.74, 6) is -0.383. The average molecular weight is 431 g/mol. The van der Waals surface area contributed by atoms with E-state index in [-0.39, 0.29) is 12.5 Å². The summed E-state index contributed by atoms with van der Waals surface area (Å²) in [6.45, 7) is 7.60. The lowest BCUT2D eigenvalue weighted by Crippen LogP contribution is -2.44. The van der Waals surface area contributed by atoms with Gasteiger partial charge in [0.25, 0.3) is 0 Å². The van der Waals surface area contributed by atoms with Gasteiger partial charge in [-0.05, 0) is 68.4 Å². The monoisotopic (exact) mass is 430 g/mol. The molecule has 8 heteroatoms. The predicted molar refractivity (Wildman–Crippen MR) is 123 cm³/mol. The number of hydrogen-bond donors (Lipinski definition) is 1. The van der Waals surface area contributed by atoms with Crippen LogP contribution in [0.4, 0.5) is 17.1 Å². The van der Waals surface area contributed by atoms with E-state index in [0.29, 0.717) is 11.4 Å². The van der Waals surface area contributed by atoms with Crippen molar-refractivity contribution >= 4 is 33.0 Å². The van der Waals surface area contributed by atoms with E-state index < -0.39 is 10.0 Å². The summed E-state index contributed by atoms with van der Waals surface area (Å²) in [6.07, 6.45) is 1.11. The minimum absolute atomic E-state index is 0.276. The molecule has 1 N–H and O–H groups in total. The maximum atomic E-state index is 12.6. The highest BCUT2D eigenvalue weighted by Crippen LogP contribution is 2.22. The van der Waals surface area contributed by atoms with Crippen molar-refractivity contribution < 1.29 is 13.2 Å². The third kappa shape index (κ3) is 5.52. The molecule has 0 unspecified atom stereocenters. The SMILES string of the molecule is Cc1ccc(N(CC(=O)Nc2ccc(N3CCN(C)CC3)cc2)S(C)(=O)=O)cc1C. The zero-order chi connectivity index (χ0) is 21.9. The molecule has 0 radical (unpaired) electrons. The van der Waals surface area contributed by atoms with Crippen LogP contribution in [0.25, 0.3) is 0 Å². The van der Waals surface area contributed by atoms with Crippen LogP contribution in [-0.4, -0.2) is 65.3 Å². The first-order chi connectivity index (χ1) is 14.1. The average Bonchev–Trinajstić information content (AvgIpc) is 2.69. The smallest absolute Gasteiger partial charge is 0.245 e. The molecule has 7 nitrogen and oxygen atoms in total. The zero-order valence-corrected chi connectivity index (χ0v) is 18.9. The fourth-order valence-electron chi connectivity index (χ4n) is 3.43. The zero-order valence-electron chi connectivity index (χ0n) is 18.1. The predicted octanol–water partition coefficient (Wildman–Crippen LogP) is 2.46. The molecule has 1 heterocycles. The number of aryl methyl sites for hydroxylation is 2. The second-order valence-electron chi connectivity index (χ2n) is 7.92. The van der Waals surface area contributed by atoms with Crippen molar-refractivity contribution in [3.63, 3.8) is 0 Å². The molecule has 3 rings (SSSR count). The lowest BCUT2D eigenvalue weighted by molar-refractivity contribution is -0.114. The molecule has 1 aliphatic heterocycles. The Balaban J connectivity index is 1.67. The molecule has 1 amide bonds. The van der Waals surface area contributed by atoms with Gasteiger partial charge < -0.3 is 15.1 Å². The van der Waals surface area contributed by atoms with Gasteiger partial charge in [0.1, 0.15) is 6.54 Å². The second-order valence-corrected chi connectivity index (χ2v) is 9.83. The van der Waals surface area contributed by atoms with Gasteiger partial charge in [-0.1, -0.05) is 6.07 Å². The Morgan fingerprint density at radius 3 is 2.20 bits per heavy atom. The molecular weight excluding hydrogens is 400 g/mol. The van der Waals surface area contributed by atoms with Crippen molar-refractivity contribution in [2.45, 2.75) is 13.8 Å². The van der Waals surface area contributed by atoms with Crippen molar-refractivity contribution in [3.8, 4) is 0 Å². The van der Waals surface area contributed by atoms with Crippen LogP contribution in [0.3, 0.4) is 0 Å². The van der Waals surface area contributed by atoms with Crippen LogP contribution in [0.15, 0.2) is 42.5 Å². The summed E-state index contributed by atoms with van der Waals surface area (Å²) >= 11 is 0. The van der Waals surface area contributed by atoms with E-state index in [4.69, 9.17) is 0 Å². The van der Waals surface area contributed by atoms with E-state index in [2.05, 4.69) is 22.2 Å². The van der Waals surface area contributed by atoms with Gasteiger partial charge in [-0.2, -0.15) is 0 Å². The number of nitrogens with zero attached hydrogens (tertiary/aromatic N) is 3. The normalized spacial score (nSPS) is 15.1. The Morgan fingerprint density at radius 2 is 1.63 bits per heavy atom. The molecule has 0 atom stereocenters. The highest BCUT2D eigenvalue weighted by atomic mass is 32.2. The minimum Gasteiger partial charge on any atom is -0.369 e. The first-order valence-electron chi connectivity index (χ1n) is 10.0. The van der Waals surface area contributed by atoms with Crippen LogP contribution < -0.4 is 14.5 Å². The molecular formula is C22H30N4O3S. The fourth-order valence-corrected chi connectivity index (χ4v) is 4.28. The molecule has 1 aliphatic rings. The third-order valence-corrected chi connectivity index (χ3v) is 6.63. The third-order valence-electron chi connectivity index (χ3n) is 5.49. The number of carbonyl (C=O) groups is 1. The highest BCUT2D eigenvalue weighted by molar-refractivity contribution is 7.92. The van der Waals surface area contributed by atoms with Crippen LogP contribution in [0.2, 0.25) is 0 Å². The van der Waals surface area contributed by atoms with Crippen molar-refractivity contribution in [2.24, 2.45) is 0 Å². The van der Waals surface area contributed by atoms with Gasteiger partial charge in [0.15, 0.2) is 0 Å². The molecule has 0 bridgehead atoms. The summed E-state index contributed by atoms with van der Waals surface area (Å²) in [4.78, 5) is 17.2. The van der Waals surface area contributed by atoms with Gasteiger partial charge in [0, 0.05) is 37.6 Å². The first-order valence-corrected chi connectivity index (χ1v) is 11.9. The molecule has 2 aromatic rings. The van der Waals surface area contributed by atoms with Gasteiger partial charge in [0.2, 0.25) is 15.9 Å². The van der Waals surface area contributed by atoms with Crippen LogP contribution >= 0.6 is 0 Å². The van der Waals surface area contributed by atoms with E-state index >= 15 is 0 Å². The Kier molecular flexibility index (Phi) is 6.67. The quantitative estimate of drug-likeness (QED) is 0.762. The summed E-state index contributed by atoms with van der Waals surface area (Å²) in [5.41, 5.74) is 4.29. The summed E-state index contributed by atoms with van der Waals surface area (Å²) < 4.78 is 25.7. The van der Waals surface area contributed by atoms with Gasteiger partial charge in [-0.15, -0.1) is 0 Å². The number of benzene rings is 2. The maximum Gasteiger partial charge on any atom is 0.245 e. The van der Waals surface area contributed by atoms with Crippen molar-refractivity contribution in [1.29, 1.82) is 0 Å². The number of likely N-dealkylation sites (N-methyl/N-ethyl adjacent to an activating group) is 1. The van der Waals surface area contributed by atoms with Crippen LogP contribution in [-0.2, 0) is 14.8 Å². The number of hydrogen-bond acceptors (Lipinski definition) is 5. The van der Waals surface area contributed by atoms with Crippen LogP contribution in [0, 0.1) is 13.8 Å². The van der Waals surface area contributed by atoms with E-state index in [1.165, 1.54) is 0 Å². The molecule has 0 aromatic heterocycles. The number of piperazine rings is 1. The van der Waals surface area contributed by atoms with Gasteiger partial charge in [0.05, 0.1) is 11.9 Å². The molecule has 162 valence electrons. The first kappa shape index (κ1) is 22.1. The number of sulfonamides is 1. The van der Waals surface area contributed by atoms with E-state index in [1.54, 1.807) is 12.1 Å². The van der Waals surface area contributed by atoms with Gasteiger partial charge in [-0.3, -0.25) is 9.10 Å². The maximum absolute atomic E-state index is 12.6. The largest absolute Gasteiger partial charge is 0.369 e. The minimum atomic E-state index is -3.60. The van der Waals surface area contributed by atoms with E-state index in [1.807, 2.05) is 44.2 Å². The van der Waals surface area contributed by atoms with Crippen molar-refractivity contribution in [2.75, 3.05) is 60.5 Å². The Morgan fingerprint density at radius 1 is 1.00 bits per heavy atom. The number of nitrogens with one attached hydrogen (secondary N) is 1. The van der Waals surface area contributed by atoms with E-state index in [9.17, 15) is 13.2 Å². The Labute approximate surface area is 179 Å². The number of amides is 1. The van der Waals surface area contributed by atoms with Crippen LogP contribution in [0.5, 0.6) is 0 Å². The second kappa shape index (κ2) is 9.06. The molecule has 0 saturated carbocycles. The Bertz CT molecular complexity index is 998. The molecule has 0 aliphatic carbocycles. The number of rotatable bonds is 6. The lowest BCUT2D eigenvalue weighted by Gasteiger charge is -2.34. The molecule has 1 fully saturated rings. The fraction of sp³-hybridized carbons (Fsp3) is 0.409. The van der Waals surface area contributed by atoms with E-state index in [0.717, 1.165) is 53.6 Å². The van der Waals surface area contributed by atoms with Crippen molar-refractivity contribution in [3.05, 3.63) is 53.6 Å². The Hall–Kier alpha value is -2.58. The van der Waals surface area contributed by atoms with Gasteiger partial charge >= 0.3 is 0 Å². The van der Waals surface area contributed by atoms with Crippen molar-refractivity contribution in [1.82, 2.24) is 4.90 Å². The number of anilines is 3. The summed E-state index contributed by atoms with van der Waals surface area (Å²) in [5, 5.41) is 2.81. The molecule has 1 saturated heterocycles. The van der Waals surface area contributed by atoms with Crippen LogP contribution in [0.1, 0.15) is 11.1 Å². The highest BCUT2D eigenvalue weighted by Gasteiger charge is 2.21. The lowest BCUT2D eigenvalue weighted by atomic mass is 10.1. The number of carbonyl (C=O) groups excluding carboxylic acids is 1. The molecule has 30 heavy (non-hydrogen) atoms. The standard InChI is InChI=1S/C22H30N4O3S/c1-17-5-8-21(15-18(17)2)26(30(4,28)29)16-22(27)23-19-6-9-20(10-7-19)25-13-11-24(3)12-14-25/h5-10,15H,11-14,16H2,1-4H3,(H,23,27). The summed E-state index contributed by atoms with van der Waals surface area (Å²) in [6, 6.07) is 13.0. The van der Waals surface area contributed by atoms with Gasteiger partial charge in [-0.25, -0.2) is 8.42 Å². The molecule has 2 aromatic carbocycles. The summed E-state index contributed by atoms with van der Waals surface area (Å²) in [7, 11) is -1.48.